The van der Waals surface area contributed by atoms with E-state index in [1.165, 1.54) is 31.0 Å². The van der Waals surface area contributed by atoms with E-state index >= 15 is 0 Å². The Balaban J connectivity index is 2.04. The first-order chi connectivity index (χ1) is 18.7. The number of nitrogens with one attached hydrogen (secondary N) is 3. The molecule has 0 aliphatic carbocycles. The summed E-state index contributed by atoms with van der Waals surface area (Å²) < 4.78 is 38.7. The Morgan fingerprint density at radius 2 is 1.85 bits per heavy atom. The van der Waals surface area contributed by atoms with Gasteiger partial charge in [0.25, 0.3) is 0 Å². The molecule has 0 radical (unpaired) electrons. The summed E-state index contributed by atoms with van der Waals surface area (Å²) in [5, 5.41) is 13.6. The number of hydrogen-bond acceptors (Lipinski definition) is 9. The van der Waals surface area contributed by atoms with Crippen molar-refractivity contribution in [1.29, 1.82) is 5.41 Å². The normalized spacial score (nSPS) is 11.6. The van der Waals surface area contributed by atoms with E-state index in [-0.39, 0.29) is 31.7 Å². The number of rotatable bonds is 8. The molecule has 0 saturated carbocycles. The van der Waals surface area contributed by atoms with Crippen LogP contribution in [0.4, 0.5) is 10.5 Å². The third-order valence-electron chi connectivity index (χ3n) is 5.39. The minimum absolute atomic E-state index is 0.0344. The fourth-order valence-electron chi connectivity index (χ4n) is 3.76. The van der Waals surface area contributed by atoms with E-state index in [4.69, 9.17) is 14.9 Å². The summed E-state index contributed by atoms with van der Waals surface area (Å²) in [5.41, 5.74) is 1.77. The van der Waals surface area contributed by atoms with Crippen LogP contribution in [0.25, 0.3) is 11.1 Å². The van der Waals surface area contributed by atoms with Crippen LogP contribution in [0.5, 0.6) is 5.75 Å². The molecule has 0 fully saturated rings. The molecular weight excluding hydrogens is 638 g/mol. The number of halogens is 1. The summed E-state index contributed by atoms with van der Waals surface area (Å²) in [4.78, 5) is 24.7. The molecule has 214 valence electrons. The number of alkyl carbamates (subject to hydrolysis) is 1. The van der Waals surface area contributed by atoms with Gasteiger partial charge in [-0.25, -0.2) is 13.2 Å². The van der Waals surface area contributed by atoms with Gasteiger partial charge in [-0.15, -0.1) is 23.1 Å². The third kappa shape index (κ3) is 7.45. The molecule has 2 amide bonds. The molecule has 0 atom stereocenters. The lowest BCUT2D eigenvalue weighted by Gasteiger charge is -2.19. The van der Waals surface area contributed by atoms with Gasteiger partial charge in [-0.3, -0.25) is 15.5 Å². The zero-order valence-electron chi connectivity index (χ0n) is 22.8. The van der Waals surface area contributed by atoms with Gasteiger partial charge < -0.3 is 14.8 Å². The maximum atomic E-state index is 13.9. The zero-order valence-corrected chi connectivity index (χ0v) is 26.8. The highest BCUT2D eigenvalue weighted by atomic mass is 79.9. The average Bonchev–Trinajstić information content (AvgIpc) is 3.33. The Hall–Kier alpha value is -2.87. The number of methoxy groups -OCH3 is 1. The average molecular weight is 669 g/mol. The van der Waals surface area contributed by atoms with Crippen LogP contribution in [-0.2, 0) is 19.4 Å². The molecule has 0 spiro atoms. The van der Waals surface area contributed by atoms with E-state index in [0.717, 1.165) is 16.9 Å². The number of benzene rings is 2. The second kappa shape index (κ2) is 12.8. The van der Waals surface area contributed by atoms with Crippen molar-refractivity contribution in [3.63, 3.8) is 0 Å². The number of aryl methyl sites for hydroxylation is 1. The van der Waals surface area contributed by atoms with Crippen LogP contribution in [-0.4, -0.2) is 50.6 Å². The number of amides is 2. The molecule has 0 bridgehead atoms. The van der Waals surface area contributed by atoms with E-state index in [1.807, 2.05) is 6.92 Å². The first kappa shape index (κ1) is 31.7. The maximum Gasteiger partial charge on any atom is 0.413 e. The van der Waals surface area contributed by atoms with Gasteiger partial charge in [0.2, 0.25) is 15.7 Å². The van der Waals surface area contributed by atoms with Crippen molar-refractivity contribution in [2.24, 2.45) is 0 Å². The van der Waals surface area contributed by atoms with Crippen molar-refractivity contribution in [1.82, 2.24) is 5.32 Å². The monoisotopic (exact) mass is 667 g/mol. The van der Waals surface area contributed by atoms with Gasteiger partial charge >= 0.3 is 6.09 Å². The lowest BCUT2D eigenvalue weighted by molar-refractivity contribution is -0.113. The smallest absolute Gasteiger partial charge is 0.413 e. The van der Waals surface area contributed by atoms with Gasteiger partial charge in [-0.2, -0.15) is 0 Å². The van der Waals surface area contributed by atoms with E-state index < -0.39 is 21.5 Å². The Kier molecular flexibility index (Phi) is 10.1. The highest BCUT2D eigenvalue weighted by Gasteiger charge is 2.27. The molecule has 0 saturated heterocycles. The van der Waals surface area contributed by atoms with Crippen molar-refractivity contribution in [2.75, 3.05) is 24.0 Å². The predicted octanol–water partition coefficient (Wildman–Crippen LogP) is 6.47. The number of thiophene rings is 1. The van der Waals surface area contributed by atoms with E-state index in [0.29, 0.717) is 26.8 Å². The molecule has 3 rings (SSSR count). The highest BCUT2D eigenvalue weighted by molar-refractivity contribution is 9.09. The lowest BCUT2D eigenvalue weighted by atomic mass is 9.98. The molecule has 3 N–H and O–H groups in total. The Morgan fingerprint density at radius 1 is 1.15 bits per heavy atom. The number of carbonyl (C=O) groups excluding carboxylic acids is 2. The summed E-state index contributed by atoms with van der Waals surface area (Å²) >= 11 is 5.48. The molecule has 13 heteroatoms. The first-order valence-corrected chi connectivity index (χ1v) is 16.5. The van der Waals surface area contributed by atoms with Crippen molar-refractivity contribution in [2.45, 2.75) is 47.3 Å². The molecular formula is C27H30BrN3O6S3. The SMILES string of the molecule is COc1cc(C)c(-c2cccc(S(=O)(=O)c3cc(C(=N)NC(=O)OC(C)(C)C)sc3SC)c2)c(NC(=O)CBr)c1. The van der Waals surface area contributed by atoms with Crippen LogP contribution in [0.2, 0.25) is 0 Å². The van der Waals surface area contributed by atoms with E-state index in [9.17, 15) is 18.0 Å². The summed E-state index contributed by atoms with van der Waals surface area (Å²) in [7, 11) is -2.49. The number of carbonyl (C=O) groups is 2. The van der Waals surface area contributed by atoms with Crippen LogP contribution in [0.15, 0.2) is 56.5 Å². The van der Waals surface area contributed by atoms with Crippen LogP contribution in [0.1, 0.15) is 31.2 Å². The Labute approximate surface area is 250 Å². The number of alkyl halides is 1. The molecule has 0 aliphatic rings. The number of sulfone groups is 1. The van der Waals surface area contributed by atoms with Crippen LogP contribution in [0.3, 0.4) is 0 Å². The summed E-state index contributed by atoms with van der Waals surface area (Å²) in [6.07, 6.45) is 0.946. The van der Waals surface area contributed by atoms with E-state index in [2.05, 4.69) is 26.6 Å². The fourth-order valence-corrected chi connectivity index (χ4v) is 7.85. The molecule has 3 aromatic rings. The summed E-state index contributed by atoms with van der Waals surface area (Å²) in [6, 6.07) is 11.3. The number of thioether (sulfide) groups is 1. The van der Waals surface area contributed by atoms with Crippen molar-refractivity contribution < 1.29 is 27.5 Å². The van der Waals surface area contributed by atoms with Crippen LogP contribution >= 0.6 is 39.0 Å². The second-order valence-corrected chi connectivity index (χ2v) is 14.2. The molecule has 2 aromatic carbocycles. The van der Waals surface area contributed by atoms with Crippen LogP contribution in [0, 0.1) is 12.3 Å². The molecule has 0 aliphatic heterocycles. The Morgan fingerprint density at radius 3 is 2.45 bits per heavy atom. The molecule has 40 heavy (non-hydrogen) atoms. The van der Waals surface area contributed by atoms with Gasteiger partial charge in [-0.05, 0) is 69.3 Å². The number of anilines is 1. The maximum absolute atomic E-state index is 13.9. The number of ether oxygens (including phenoxy) is 2. The van der Waals surface area contributed by atoms with Crippen LogP contribution < -0.4 is 15.4 Å². The Bertz CT molecular complexity index is 1560. The second-order valence-electron chi connectivity index (χ2n) is 9.55. The van der Waals surface area contributed by atoms with Gasteiger partial charge in [0.15, 0.2) is 0 Å². The van der Waals surface area contributed by atoms with Gasteiger partial charge in [0, 0.05) is 11.6 Å². The fraction of sp³-hybridized carbons (Fsp3) is 0.296. The zero-order chi connectivity index (χ0) is 29.8. The molecule has 1 heterocycles. The number of amidine groups is 1. The quantitative estimate of drug-likeness (QED) is 0.108. The van der Waals surface area contributed by atoms with Gasteiger partial charge in [0.1, 0.15) is 17.2 Å². The number of hydrogen-bond donors (Lipinski definition) is 3. The van der Waals surface area contributed by atoms with Gasteiger partial charge in [-0.1, -0.05) is 28.1 Å². The third-order valence-corrected chi connectivity index (χ3v) is 10.2. The van der Waals surface area contributed by atoms with Crippen molar-refractivity contribution in [3.8, 4) is 16.9 Å². The topological polar surface area (TPSA) is 135 Å². The first-order valence-electron chi connectivity index (χ1n) is 11.9. The highest BCUT2D eigenvalue weighted by Crippen LogP contribution is 2.40. The standard InChI is InChI=1S/C27H30BrN3O6S3/c1-15-10-17(36-5)12-19(30-22(32)14-28)23(15)16-8-7-9-18(11-16)40(34,35)21-13-20(39-25(21)38-6)24(29)31-26(33)37-27(2,3)4/h7-13H,14H2,1-6H3,(H,30,32)(H2,29,31,33). The van der Waals surface area contributed by atoms with Crippen molar-refractivity contribution in [3.05, 3.63) is 52.9 Å². The molecule has 1 aromatic heterocycles. The summed E-state index contributed by atoms with van der Waals surface area (Å²) in [6.45, 7) is 6.97. The van der Waals surface area contributed by atoms with E-state index in [1.54, 1.807) is 57.4 Å². The minimum atomic E-state index is -4.02. The minimum Gasteiger partial charge on any atom is -0.497 e. The molecule has 9 nitrogen and oxygen atoms in total. The largest absolute Gasteiger partial charge is 0.497 e. The molecule has 0 unspecified atom stereocenters. The summed E-state index contributed by atoms with van der Waals surface area (Å²) in [5.74, 6) is 0.0223. The lowest BCUT2D eigenvalue weighted by Crippen LogP contribution is -2.36. The van der Waals surface area contributed by atoms with Crippen molar-refractivity contribution >= 4 is 72.4 Å². The van der Waals surface area contributed by atoms with Gasteiger partial charge in [0.05, 0.1) is 37.0 Å². The predicted molar refractivity (Wildman–Crippen MR) is 163 cm³/mol.